The average molecular weight is 972 g/mol. The monoisotopic (exact) mass is 971 g/mol. The molecule has 2 unspecified atom stereocenters. The molecule has 376 valence electrons. The van der Waals surface area contributed by atoms with Crippen molar-refractivity contribution in [3.8, 4) is 0 Å². The van der Waals surface area contributed by atoms with Crippen LogP contribution >= 0.6 is 0 Å². The molecule has 0 fully saturated rings. The van der Waals surface area contributed by atoms with Gasteiger partial charge in [-0.1, -0.05) is 20.3 Å². The quantitative estimate of drug-likeness (QED) is 0.0882. The molecule has 0 heterocycles. The minimum absolute atomic E-state index is 0.167. The van der Waals surface area contributed by atoms with Gasteiger partial charge in [0.15, 0.2) is 13.2 Å². The Morgan fingerprint density at radius 1 is 0.754 bits per heavy atom. The highest BCUT2D eigenvalue weighted by Crippen LogP contribution is 2.14. The number of nitrogens with zero attached hydrogens (tertiary/aromatic N) is 1. The van der Waals surface area contributed by atoms with Gasteiger partial charge < -0.3 is 33.6 Å². The summed E-state index contributed by atoms with van der Waals surface area (Å²) in [5, 5.41) is 7.57. The van der Waals surface area contributed by atoms with Crippen molar-refractivity contribution in [2.45, 2.75) is 94.7 Å². The lowest BCUT2D eigenvalue weighted by molar-refractivity contribution is -0.184. The van der Waals surface area contributed by atoms with E-state index in [1.54, 1.807) is 58.9 Å². The van der Waals surface area contributed by atoms with Crippen LogP contribution in [0.25, 0.3) is 0 Å². The first kappa shape index (κ1) is 81.8. The predicted octanol–water partition coefficient (Wildman–Crippen LogP) is 3.53. The summed E-state index contributed by atoms with van der Waals surface area (Å²) in [4.78, 5) is 48.4. The van der Waals surface area contributed by atoms with Crippen LogP contribution in [-0.2, 0) is 77.1 Å². The van der Waals surface area contributed by atoms with E-state index >= 15 is 0 Å². The van der Waals surface area contributed by atoms with Crippen LogP contribution < -0.4 is 9.44 Å². The number of Topliss-reactive ketones (excluding diaryl/α,β-unsaturated/α-hetero) is 1. The molecule has 0 amide bonds. The fourth-order valence-corrected chi connectivity index (χ4v) is 1.56. The Balaban J connectivity index is -0.0000000605. The summed E-state index contributed by atoms with van der Waals surface area (Å²) in [6, 6.07) is 0. The number of alkyl halides is 5. The van der Waals surface area contributed by atoms with Gasteiger partial charge in [-0.2, -0.15) is 13.2 Å². The maximum Gasteiger partial charge on any atom is 0.422 e. The fourth-order valence-electron chi connectivity index (χ4n) is 1.04. The van der Waals surface area contributed by atoms with Gasteiger partial charge in [0.2, 0.25) is 10.0 Å². The number of ketones is 1. The topological polar surface area (TPSA) is 247 Å². The molecule has 0 bridgehead atoms. The smallest absolute Gasteiger partial charge is 0.422 e. The first-order valence-electron chi connectivity index (χ1n) is 17.5. The number of ether oxygens (including phenoxy) is 5. The minimum atomic E-state index is -4.41. The summed E-state index contributed by atoms with van der Waals surface area (Å²) in [6.45, 7) is 15.0. The fraction of sp³-hybridized carbons (Fsp3) is 0.800. The Hall–Kier alpha value is -3.01. The molecule has 0 spiro atoms. The Morgan fingerprint density at radius 3 is 1.15 bits per heavy atom. The maximum absolute atomic E-state index is 11.1. The zero-order valence-corrected chi connectivity index (χ0v) is 41.8. The molecule has 2 atom stereocenters. The summed E-state index contributed by atoms with van der Waals surface area (Å²) in [5.41, 5.74) is 0. The summed E-state index contributed by atoms with van der Waals surface area (Å²) in [7, 11) is 1.21. The van der Waals surface area contributed by atoms with Crippen LogP contribution in [0.4, 0.5) is 22.0 Å². The lowest BCUT2D eigenvalue weighted by atomic mass is 10.5. The third-order valence-electron chi connectivity index (χ3n) is 3.58. The number of carbonyl (C=O) groups excluding carboxylic acids is 5. The summed E-state index contributed by atoms with van der Waals surface area (Å²) >= 11 is 0. The highest BCUT2D eigenvalue weighted by atomic mass is 32.2. The zero-order chi connectivity index (χ0) is 51.6. The molecule has 0 radical (unpaired) electrons. The molecule has 18 nitrogen and oxygen atoms in total. The van der Waals surface area contributed by atoms with Crippen molar-refractivity contribution in [1.29, 1.82) is 0 Å². The number of halogens is 5. The molecular formula is C35H78F5N3O15S3. The molecule has 0 saturated carbocycles. The Bertz CT molecular complexity index is 1350. The molecule has 26 heteroatoms. The second kappa shape index (κ2) is 55.0. The van der Waals surface area contributed by atoms with E-state index < -0.39 is 67.2 Å². The first-order valence-corrected chi connectivity index (χ1v) is 23.6. The van der Waals surface area contributed by atoms with Crippen LogP contribution in [0.1, 0.15) is 82.1 Å². The highest BCUT2D eigenvalue weighted by molar-refractivity contribution is 7.97. The van der Waals surface area contributed by atoms with Gasteiger partial charge in [0, 0.05) is 86.5 Å². The van der Waals surface area contributed by atoms with Crippen LogP contribution in [0.5, 0.6) is 0 Å². The summed E-state index contributed by atoms with van der Waals surface area (Å²) in [5.74, 6) is 4.84. The Morgan fingerprint density at radius 2 is 1.05 bits per heavy atom. The van der Waals surface area contributed by atoms with Crippen LogP contribution in [0.2, 0.25) is 0 Å². The number of nitrogens with one attached hydrogen (secondary N) is 2. The summed E-state index contributed by atoms with van der Waals surface area (Å²) < 4.78 is 125. The molecule has 0 aliphatic carbocycles. The molecule has 0 rings (SSSR count). The van der Waals surface area contributed by atoms with E-state index in [2.05, 4.69) is 54.0 Å². The number of methoxy groups -OCH3 is 2. The molecule has 3 N–H and O–H groups in total. The largest absolute Gasteiger partial charge is 0.469 e. The van der Waals surface area contributed by atoms with Crippen LogP contribution in [-0.4, -0.2) is 174 Å². The molecule has 0 aliphatic rings. The molecule has 0 aliphatic heterocycles. The van der Waals surface area contributed by atoms with Gasteiger partial charge >= 0.3 is 30.1 Å². The van der Waals surface area contributed by atoms with Crippen molar-refractivity contribution in [3.05, 3.63) is 0 Å². The van der Waals surface area contributed by atoms with E-state index in [9.17, 15) is 62.8 Å². The van der Waals surface area contributed by atoms with Crippen molar-refractivity contribution < 1.29 is 91.6 Å². The number of aliphatic hydroxyl groups excluding tert-OH is 1. The van der Waals surface area contributed by atoms with Gasteiger partial charge in [0.1, 0.15) is 5.78 Å². The molecule has 0 saturated heterocycles. The van der Waals surface area contributed by atoms with Gasteiger partial charge in [-0.3, -0.25) is 27.6 Å². The van der Waals surface area contributed by atoms with Crippen LogP contribution in [0.15, 0.2) is 0 Å². The normalized spacial score (nSPS) is 11.3. The number of carbonyl (C=O) groups is 5. The highest BCUT2D eigenvalue weighted by Gasteiger charge is 2.28. The number of hydrogen-bond acceptors (Lipinski definition) is 15. The Labute approximate surface area is 363 Å². The van der Waals surface area contributed by atoms with E-state index in [-0.39, 0.29) is 24.3 Å². The third kappa shape index (κ3) is 205. The van der Waals surface area contributed by atoms with Gasteiger partial charge in [-0.15, -0.1) is 0 Å². The number of rotatable bonds is 11. The van der Waals surface area contributed by atoms with Crippen LogP contribution in [0, 0.1) is 0 Å². The molecule has 0 aromatic carbocycles. The molecular weight excluding hydrogens is 894 g/mol. The van der Waals surface area contributed by atoms with Crippen molar-refractivity contribution in [1.82, 2.24) is 13.7 Å². The molecule has 0 aromatic heterocycles. The van der Waals surface area contributed by atoms with Gasteiger partial charge in [-0.25, -0.2) is 30.9 Å². The van der Waals surface area contributed by atoms with E-state index in [1.165, 1.54) is 41.2 Å². The average Bonchev–Trinajstić information content (AvgIpc) is 3.05. The lowest BCUT2D eigenvalue weighted by Gasteiger charge is -2.09. The summed E-state index contributed by atoms with van der Waals surface area (Å²) in [6.07, 6.45) is -0.714. The number of aliphatic hydroxyl groups is 1. The van der Waals surface area contributed by atoms with Crippen molar-refractivity contribution in [3.63, 3.8) is 0 Å². The van der Waals surface area contributed by atoms with Crippen LogP contribution in [0.3, 0.4) is 0 Å². The third-order valence-corrected chi connectivity index (χ3v) is 6.72. The van der Waals surface area contributed by atoms with Crippen molar-refractivity contribution >= 4 is 70.8 Å². The lowest BCUT2D eigenvalue weighted by Crippen LogP contribution is -2.23. The van der Waals surface area contributed by atoms with Crippen molar-refractivity contribution in [2.75, 3.05) is 93.7 Å². The van der Waals surface area contributed by atoms with Gasteiger partial charge in [0.25, 0.3) is 6.43 Å². The predicted molar refractivity (Wildman–Crippen MR) is 235 cm³/mol. The molecule has 0 aromatic rings. The van der Waals surface area contributed by atoms with E-state index in [4.69, 9.17) is 9.84 Å². The number of hydrogen-bond donors (Lipinski definition) is 3. The standard InChI is InChI=1S/C5H13NO3S.C4H5F3O2.C4H6F2O2.C4H11NOS.C4H8O2.C3H9NOS.C3H6O2.C3H6O.C3H8.C2H6O/c1-9-5-3-4-6-10(2,7)8;1-3(8)9-2-4(5,6)7;1-3(7)8-2-4(5)6;1-5(2)7(3,4)6;1-3-6-4(2)5;1-4-6(2,3)5;1-3(4)5-2;1-3(2)4;1-3-2;1-2-3/h6H,3-5H2,1-2H3;2H2,1H3;4H,2H2,1H3;3H2,1-2,4H3;3H2,1-2H3;2H2,1,3H3,(H,4,5);1-2H3;1-2H3;3H2,1-2H3;3H,2H2,1H3. The number of esters is 4. The van der Waals surface area contributed by atoms with Gasteiger partial charge in [-0.05, 0) is 67.0 Å². The van der Waals surface area contributed by atoms with E-state index in [0.717, 1.165) is 20.1 Å². The second-order valence-electron chi connectivity index (χ2n) is 11.1. The maximum atomic E-state index is 11.1. The van der Waals surface area contributed by atoms with E-state index in [0.29, 0.717) is 26.2 Å². The second-order valence-corrected chi connectivity index (χ2v) is 18.0. The number of sulfonamides is 1. The first-order chi connectivity index (χ1) is 27.2. The molecule has 61 heavy (non-hydrogen) atoms. The minimum Gasteiger partial charge on any atom is -0.469 e. The van der Waals surface area contributed by atoms with E-state index in [1.807, 2.05) is 0 Å². The van der Waals surface area contributed by atoms with Crippen molar-refractivity contribution in [2.24, 2.45) is 0 Å². The zero-order valence-electron chi connectivity index (χ0n) is 39.4. The SMILES string of the molecule is C=S(C)(=O)N(C)C.C=S(C)(=O)NC.CC(=O)OCC(F)(F)F.CC(=O)OCC(F)F.CC(C)=O.CCC.CCO.CCOC(C)=O.COC(C)=O.COCCCNS(C)(=O)=O. The Kier molecular flexibility index (Phi) is 73.7. The van der Waals surface area contributed by atoms with Gasteiger partial charge in [0.05, 0.1) is 20.0 Å².